The maximum Gasteiger partial charge on any atom is 0.229 e. The van der Waals surface area contributed by atoms with Crippen LogP contribution in [0.5, 0.6) is 0 Å². The minimum Gasteiger partial charge on any atom is -0.384 e. The molecular formula is C11H8FN5. The van der Waals surface area contributed by atoms with Crippen LogP contribution in [-0.2, 0) is 0 Å². The van der Waals surface area contributed by atoms with Crippen LogP contribution in [0, 0.1) is 17.1 Å². The molecule has 2 aromatic rings. The second kappa shape index (κ2) is 4.45. The summed E-state index contributed by atoms with van der Waals surface area (Å²) in [6, 6.07) is 7.37. The smallest absolute Gasteiger partial charge is 0.229 e. The molecular weight excluding hydrogens is 221 g/mol. The summed E-state index contributed by atoms with van der Waals surface area (Å²) in [4.78, 5) is 7.86. The fraction of sp³-hybridized carbons (Fsp3) is 0. The summed E-state index contributed by atoms with van der Waals surface area (Å²) >= 11 is 0. The zero-order valence-electron chi connectivity index (χ0n) is 8.68. The summed E-state index contributed by atoms with van der Waals surface area (Å²) in [5, 5.41) is 11.5. The fourth-order valence-corrected chi connectivity index (χ4v) is 1.25. The maximum atomic E-state index is 13.1. The van der Waals surface area contributed by atoms with Gasteiger partial charge in [-0.05, 0) is 24.3 Å². The van der Waals surface area contributed by atoms with Crippen LogP contribution in [0.2, 0.25) is 0 Å². The van der Waals surface area contributed by atoms with Gasteiger partial charge in [0.05, 0.1) is 5.56 Å². The number of halogens is 1. The van der Waals surface area contributed by atoms with Crippen molar-refractivity contribution in [1.82, 2.24) is 9.97 Å². The molecule has 0 saturated heterocycles. The molecule has 0 aliphatic heterocycles. The number of nitriles is 1. The topological polar surface area (TPSA) is 87.6 Å². The van der Waals surface area contributed by atoms with Crippen molar-refractivity contribution in [1.29, 1.82) is 5.26 Å². The molecule has 0 unspecified atom stereocenters. The van der Waals surface area contributed by atoms with Crippen molar-refractivity contribution in [3.8, 4) is 6.07 Å². The van der Waals surface area contributed by atoms with Gasteiger partial charge < -0.3 is 11.1 Å². The summed E-state index contributed by atoms with van der Waals surface area (Å²) in [5.74, 6) is 0.0529. The Balaban J connectivity index is 2.28. The number of aromatic nitrogens is 2. The molecule has 0 fully saturated rings. The molecule has 5 nitrogen and oxygen atoms in total. The van der Waals surface area contributed by atoms with E-state index in [1.54, 1.807) is 12.1 Å². The zero-order chi connectivity index (χ0) is 12.3. The van der Waals surface area contributed by atoms with Gasteiger partial charge >= 0.3 is 0 Å². The van der Waals surface area contributed by atoms with Gasteiger partial charge in [-0.25, -0.2) is 9.37 Å². The minimum absolute atomic E-state index is 0.0427. The lowest BCUT2D eigenvalue weighted by Gasteiger charge is -2.05. The molecule has 0 saturated carbocycles. The number of nitrogens with two attached hydrogens (primary N) is 1. The number of hydrogen-bond acceptors (Lipinski definition) is 5. The highest BCUT2D eigenvalue weighted by Crippen LogP contribution is 2.17. The minimum atomic E-state index is -0.563. The first-order valence-corrected chi connectivity index (χ1v) is 4.74. The highest BCUT2D eigenvalue weighted by Gasteiger charge is 2.04. The molecule has 3 N–H and O–H groups in total. The fourth-order valence-electron chi connectivity index (χ4n) is 1.25. The average molecular weight is 229 g/mol. The number of nitrogen functional groups attached to an aromatic ring is 1. The molecule has 0 aliphatic rings. The van der Waals surface area contributed by atoms with Crippen molar-refractivity contribution < 1.29 is 4.39 Å². The second-order valence-electron chi connectivity index (χ2n) is 3.24. The Hall–Kier alpha value is -2.68. The van der Waals surface area contributed by atoms with Crippen LogP contribution in [0.25, 0.3) is 0 Å². The number of hydrogen-bond donors (Lipinski definition) is 2. The lowest BCUT2D eigenvalue weighted by molar-refractivity contribution is 0.624. The molecule has 0 radical (unpaired) electrons. The second-order valence-corrected chi connectivity index (χ2v) is 3.24. The largest absolute Gasteiger partial charge is 0.384 e. The van der Waals surface area contributed by atoms with Crippen molar-refractivity contribution in [2.75, 3.05) is 11.1 Å². The highest BCUT2D eigenvalue weighted by molar-refractivity contribution is 5.57. The van der Waals surface area contributed by atoms with Crippen LogP contribution in [-0.4, -0.2) is 9.97 Å². The van der Waals surface area contributed by atoms with Gasteiger partial charge in [-0.1, -0.05) is 0 Å². The van der Waals surface area contributed by atoms with E-state index in [1.165, 1.54) is 24.4 Å². The first kappa shape index (κ1) is 10.8. The van der Waals surface area contributed by atoms with Crippen LogP contribution in [0.15, 0.2) is 30.5 Å². The molecule has 0 bridgehead atoms. The van der Waals surface area contributed by atoms with Gasteiger partial charge in [0.2, 0.25) is 5.95 Å². The van der Waals surface area contributed by atoms with E-state index < -0.39 is 5.82 Å². The third-order valence-electron chi connectivity index (χ3n) is 2.02. The van der Waals surface area contributed by atoms with Crippen LogP contribution in [0.3, 0.4) is 0 Å². The Kier molecular flexibility index (Phi) is 2.83. The van der Waals surface area contributed by atoms with Gasteiger partial charge in [0.1, 0.15) is 17.7 Å². The average Bonchev–Trinajstić information content (AvgIpc) is 2.32. The first-order valence-electron chi connectivity index (χ1n) is 4.74. The normalized spacial score (nSPS) is 9.65. The van der Waals surface area contributed by atoms with Crippen LogP contribution in [0.1, 0.15) is 5.56 Å². The van der Waals surface area contributed by atoms with E-state index in [2.05, 4.69) is 15.3 Å². The number of anilines is 3. The molecule has 2 rings (SSSR count). The Morgan fingerprint density at radius 1 is 1.35 bits per heavy atom. The molecule has 84 valence electrons. The summed E-state index contributed by atoms with van der Waals surface area (Å²) in [6.07, 6.45) is 1.50. The number of nitrogens with one attached hydrogen (secondary N) is 1. The van der Waals surface area contributed by atoms with Crippen molar-refractivity contribution in [2.45, 2.75) is 0 Å². The zero-order valence-corrected chi connectivity index (χ0v) is 8.68. The SMILES string of the molecule is N#Cc1cc(Nc2nccc(N)n2)ccc1F. The predicted octanol–water partition coefficient (Wildman–Crippen LogP) is 1.81. The lowest BCUT2D eigenvalue weighted by Crippen LogP contribution is -2.00. The summed E-state index contributed by atoms with van der Waals surface area (Å²) in [6.45, 7) is 0. The van der Waals surface area contributed by atoms with Gasteiger partial charge in [-0.2, -0.15) is 10.2 Å². The van der Waals surface area contributed by atoms with Crippen molar-refractivity contribution in [2.24, 2.45) is 0 Å². The summed E-state index contributed by atoms with van der Waals surface area (Å²) < 4.78 is 13.1. The molecule has 1 aromatic heterocycles. The van der Waals surface area contributed by atoms with Gasteiger partial charge in [0.15, 0.2) is 0 Å². The quantitative estimate of drug-likeness (QED) is 0.819. The van der Waals surface area contributed by atoms with Crippen molar-refractivity contribution in [3.05, 3.63) is 41.8 Å². The van der Waals surface area contributed by atoms with Gasteiger partial charge in [0, 0.05) is 11.9 Å². The Morgan fingerprint density at radius 2 is 2.18 bits per heavy atom. The Morgan fingerprint density at radius 3 is 2.88 bits per heavy atom. The highest BCUT2D eigenvalue weighted by atomic mass is 19.1. The number of nitrogens with zero attached hydrogens (tertiary/aromatic N) is 3. The van der Waals surface area contributed by atoms with E-state index in [9.17, 15) is 4.39 Å². The number of benzene rings is 1. The van der Waals surface area contributed by atoms with Crippen LogP contribution < -0.4 is 11.1 Å². The molecule has 0 atom stereocenters. The van der Waals surface area contributed by atoms with Gasteiger partial charge in [-0.15, -0.1) is 0 Å². The van der Waals surface area contributed by atoms with Crippen molar-refractivity contribution in [3.63, 3.8) is 0 Å². The Bertz CT molecular complexity index is 591. The first-order chi connectivity index (χ1) is 8.19. The standard InChI is InChI=1S/C11H8FN5/c12-9-2-1-8(5-7(9)6-13)16-11-15-4-3-10(14)17-11/h1-5H,(H3,14,15,16,17). The van der Waals surface area contributed by atoms with Gasteiger partial charge in [0.25, 0.3) is 0 Å². The Labute approximate surface area is 96.7 Å². The number of rotatable bonds is 2. The van der Waals surface area contributed by atoms with E-state index in [0.29, 0.717) is 17.5 Å². The third kappa shape index (κ3) is 2.46. The van der Waals surface area contributed by atoms with E-state index in [0.717, 1.165) is 0 Å². The van der Waals surface area contributed by atoms with Crippen molar-refractivity contribution >= 4 is 17.5 Å². The van der Waals surface area contributed by atoms with E-state index in [1.807, 2.05) is 0 Å². The predicted molar refractivity (Wildman–Crippen MR) is 60.8 cm³/mol. The van der Waals surface area contributed by atoms with Crippen LogP contribution >= 0.6 is 0 Å². The molecule has 6 heteroatoms. The van der Waals surface area contributed by atoms with E-state index in [-0.39, 0.29) is 5.56 Å². The molecule has 17 heavy (non-hydrogen) atoms. The molecule has 1 heterocycles. The maximum absolute atomic E-state index is 13.1. The van der Waals surface area contributed by atoms with E-state index >= 15 is 0 Å². The summed E-state index contributed by atoms with van der Waals surface area (Å²) in [7, 11) is 0. The molecule has 1 aromatic carbocycles. The molecule has 0 amide bonds. The lowest BCUT2D eigenvalue weighted by atomic mass is 10.2. The third-order valence-corrected chi connectivity index (χ3v) is 2.02. The summed E-state index contributed by atoms with van der Waals surface area (Å²) in [5.41, 5.74) is 5.97. The van der Waals surface area contributed by atoms with Gasteiger partial charge in [-0.3, -0.25) is 0 Å². The van der Waals surface area contributed by atoms with Crippen LogP contribution in [0.4, 0.5) is 21.8 Å². The molecule has 0 aliphatic carbocycles. The monoisotopic (exact) mass is 229 g/mol. The molecule has 0 spiro atoms. The van der Waals surface area contributed by atoms with E-state index in [4.69, 9.17) is 11.0 Å².